The number of hydrogen-bond donors (Lipinski definition) is 2. The van der Waals surface area contributed by atoms with Crippen LogP contribution in [0.3, 0.4) is 0 Å². The fourth-order valence-electron chi connectivity index (χ4n) is 2.59. The average Bonchev–Trinajstić information content (AvgIpc) is 2.61. The predicted octanol–water partition coefficient (Wildman–Crippen LogP) is 4.94. The number of anilines is 2. The third-order valence-electron chi connectivity index (χ3n) is 3.95. The molecule has 0 radical (unpaired) electrons. The lowest BCUT2D eigenvalue weighted by molar-refractivity contribution is -0.116. The van der Waals surface area contributed by atoms with Crippen LogP contribution in [-0.2, 0) is 4.79 Å². The molecule has 3 aromatic carbocycles. The van der Waals surface area contributed by atoms with Crippen LogP contribution in [0.4, 0.5) is 11.4 Å². The number of benzene rings is 3. The van der Waals surface area contributed by atoms with E-state index in [4.69, 9.17) is 16.3 Å². The summed E-state index contributed by atoms with van der Waals surface area (Å²) < 4.78 is 5.13. The highest BCUT2D eigenvalue weighted by Gasteiger charge is 2.14. The SMILES string of the molecule is COc1ccc(N[C@H](C)C(=O)Nc2ccc3ccccc3c2)cc1Cl. The molecule has 5 heteroatoms. The van der Waals surface area contributed by atoms with Crippen LogP contribution in [-0.4, -0.2) is 19.1 Å². The quantitative estimate of drug-likeness (QED) is 0.682. The summed E-state index contributed by atoms with van der Waals surface area (Å²) in [5.41, 5.74) is 1.53. The Kier molecular flexibility index (Phi) is 5.10. The van der Waals surface area contributed by atoms with Gasteiger partial charge >= 0.3 is 0 Å². The van der Waals surface area contributed by atoms with Gasteiger partial charge in [0.1, 0.15) is 11.8 Å². The summed E-state index contributed by atoms with van der Waals surface area (Å²) in [4.78, 5) is 12.4. The first-order chi connectivity index (χ1) is 12.1. The van der Waals surface area contributed by atoms with Crippen molar-refractivity contribution in [3.05, 3.63) is 65.7 Å². The monoisotopic (exact) mass is 354 g/mol. The molecule has 1 amide bonds. The van der Waals surface area contributed by atoms with Gasteiger partial charge in [0.05, 0.1) is 12.1 Å². The van der Waals surface area contributed by atoms with E-state index < -0.39 is 6.04 Å². The van der Waals surface area contributed by atoms with Crippen LogP contribution in [0.2, 0.25) is 5.02 Å². The summed E-state index contributed by atoms with van der Waals surface area (Å²) in [6.45, 7) is 1.80. The summed E-state index contributed by atoms with van der Waals surface area (Å²) in [6, 6.07) is 18.8. The average molecular weight is 355 g/mol. The van der Waals surface area contributed by atoms with Crippen molar-refractivity contribution in [3.63, 3.8) is 0 Å². The lowest BCUT2D eigenvalue weighted by atomic mass is 10.1. The normalized spacial score (nSPS) is 11.8. The molecule has 0 spiro atoms. The van der Waals surface area contributed by atoms with Crippen LogP contribution in [0, 0.1) is 0 Å². The molecule has 0 unspecified atom stereocenters. The Labute approximate surface area is 151 Å². The first kappa shape index (κ1) is 17.1. The Balaban J connectivity index is 1.68. The first-order valence-electron chi connectivity index (χ1n) is 7.96. The topological polar surface area (TPSA) is 50.4 Å². The van der Waals surface area contributed by atoms with E-state index in [2.05, 4.69) is 10.6 Å². The number of hydrogen-bond acceptors (Lipinski definition) is 3. The number of carbonyl (C=O) groups excluding carboxylic acids is 1. The maximum atomic E-state index is 12.4. The van der Waals surface area contributed by atoms with Gasteiger partial charge in [0.2, 0.25) is 5.91 Å². The van der Waals surface area contributed by atoms with Crippen LogP contribution >= 0.6 is 11.6 Å². The molecular formula is C20H19ClN2O2. The zero-order chi connectivity index (χ0) is 17.8. The smallest absolute Gasteiger partial charge is 0.246 e. The Morgan fingerprint density at radius 2 is 1.72 bits per heavy atom. The van der Waals surface area contributed by atoms with Gasteiger partial charge in [-0.2, -0.15) is 0 Å². The van der Waals surface area contributed by atoms with E-state index in [0.29, 0.717) is 10.8 Å². The molecule has 1 atom stereocenters. The third-order valence-corrected chi connectivity index (χ3v) is 4.24. The minimum atomic E-state index is -0.420. The van der Waals surface area contributed by atoms with Gasteiger partial charge < -0.3 is 15.4 Å². The number of ether oxygens (including phenoxy) is 1. The Morgan fingerprint density at radius 1 is 1.00 bits per heavy atom. The summed E-state index contributed by atoms with van der Waals surface area (Å²) in [5.74, 6) is 0.475. The molecule has 0 aliphatic heterocycles. The van der Waals surface area contributed by atoms with E-state index in [1.54, 1.807) is 26.2 Å². The third kappa shape index (κ3) is 4.03. The Hall–Kier alpha value is -2.72. The zero-order valence-electron chi connectivity index (χ0n) is 14.0. The molecule has 25 heavy (non-hydrogen) atoms. The molecule has 3 rings (SSSR count). The van der Waals surface area contributed by atoms with E-state index in [1.807, 2.05) is 48.5 Å². The lowest BCUT2D eigenvalue weighted by Crippen LogP contribution is -2.31. The van der Waals surface area contributed by atoms with Crippen LogP contribution in [0.25, 0.3) is 10.8 Å². The molecule has 4 nitrogen and oxygen atoms in total. The van der Waals surface area contributed by atoms with Gasteiger partial charge in [0.25, 0.3) is 0 Å². The number of fused-ring (bicyclic) bond motifs is 1. The molecule has 0 saturated carbocycles. The minimum Gasteiger partial charge on any atom is -0.495 e. The van der Waals surface area contributed by atoms with Gasteiger partial charge in [-0.15, -0.1) is 0 Å². The number of rotatable bonds is 5. The summed E-state index contributed by atoms with van der Waals surface area (Å²) >= 11 is 6.11. The van der Waals surface area contributed by atoms with Gasteiger partial charge in [0.15, 0.2) is 0 Å². The maximum Gasteiger partial charge on any atom is 0.246 e. The predicted molar refractivity (Wildman–Crippen MR) is 104 cm³/mol. The van der Waals surface area contributed by atoms with Gasteiger partial charge in [0, 0.05) is 11.4 Å². The lowest BCUT2D eigenvalue weighted by Gasteiger charge is -2.16. The number of nitrogens with one attached hydrogen (secondary N) is 2. The second-order valence-electron chi connectivity index (χ2n) is 5.77. The zero-order valence-corrected chi connectivity index (χ0v) is 14.8. The largest absolute Gasteiger partial charge is 0.495 e. The van der Waals surface area contributed by atoms with Crippen LogP contribution < -0.4 is 15.4 Å². The van der Waals surface area contributed by atoms with Crippen molar-refractivity contribution < 1.29 is 9.53 Å². The van der Waals surface area contributed by atoms with Gasteiger partial charge in [-0.3, -0.25) is 4.79 Å². The summed E-state index contributed by atoms with van der Waals surface area (Å²) in [5, 5.41) is 8.79. The van der Waals surface area contributed by atoms with E-state index >= 15 is 0 Å². The van der Waals surface area contributed by atoms with Gasteiger partial charge in [-0.1, -0.05) is 41.9 Å². The molecule has 0 aliphatic rings. The molecule has 0 aromatic heterocycles. The molecular weight excluding hydrogens is 336 g/mol. The summed E-state index contributed by atoms with van der Waals surface area (Å²) in [7, 11) is 1.56. The molecule has 0 heterocycles. The fraction of sp³-hybridized carbons (Fsp3) is 0.150. The van der Waals surface area contributed by atoms with Crippen LogP contribution in [0.5, 0.6) is 5.75 Å². The highest BCUT2D eigenvalue weighted by Crippen LogP contribution is 2.27. The minimum absolute atomic E-state index is 0.123. The van der Waals surface area contributed by atoms with Crippen LogP contribution in [0.15, 0.2) is 60.7 Å². The van der Waals surface area contributed by atoms with Crippen molar-refractivity contribution in [3.8, 4) is 5.75 Å². The molecule has 0 aliphatic carbocycles. The van der Waals surface area contributed by atoms with E-state index in [0.717, 1.165) is 22.1 Å². The number of methoxy groups -OCH3 is 1. The van der Waals surface area contributed by atoms with E-state index in [-0.39, 0.29) is 5.91 Å². The molecule has 0 fully saturated rings. The van der Waals surface area contributed by atoms with Crippen molar-refractivity contribution in [2.75, 3.05) is 17.7 Å². The molecule has 0 bridgehead atoms. The Bertz CT molecular complexity index is 911. The second kappa shape index (κ2) is 7.45. The highest BCUT2D eigenvalue weighted by atomic mass is 35.5. The van der Waals surface area contributed by atoms with Gasteiger partial charge in [-0.05, 0) is 48.0 Å². The van der Waals surface area contributed by atoms with Crippen molar-refractivity contribution in [1.29, 1.82) is 0 Å². The van der Waals surface area contributed by atoms with E-state index in [9.17, 15) is 4.79 Å². The number of halogens is 1. The van der Waals surface area contributed by atoms with E-state index in [1.165, 1.54) is 0 Å². The van der Waals surface area contributed by atoms with Crippen molar-refractivity contribution in [2.45, 2.75) is 13.0 Å². The van der Waals surface area contributed by atoms with Crippen molar-refractivity contribution >= 4 is 39.7 Å². The molecule has 3 aromatic rings. The molecule has 2 N–H and O–H groups in total. The number of amides is 1. The highest BCUT2D eigenvalue weighted by molar-refractivity contribution is 6.32. The summed E-state index contributed by atoms with van der Waals surface area (Å²) in [6.07, 6.45) is 0. The van der Waals surface area contributed by atoms with Gasteiger partial charge in [-0.25, -0.2) is 0 Å². The van der Waals surface area contributed by atoms with Crippen molar-refractivity contribution in [1.82, 2.24) is 0 Å². The first-order valence-corrected chi connectivity index (χ1v) is 8.34. The maximum absolute atomic E-state index is 12.4. The second-order valence-corrected chi connectivity index (χ2v) is 6.17. The standard InChI is InChI=1S/C20H19ClN2O2/c1-13(22-17-9-10-19(25-2)18(21)12-17)20(24)23-16-8-7-14-5-3-4-6-15(14)11-16/h3-13,22H,1-2H3,(H,23,24)/t13-/m1/s1. The van der Waals surface area contributed by atoms with Crippen molar-refractivity contribution in [2.24, 2.45) is 0 Å². The molecule has 128 valence electrons. The molecule has 0 saturated heterocycles. The number of carbonyl (C=O) groups is 1. The fourth-order valence-corrected chi connectivity index (χ4v) is 2.85. The van der Waals surface area contributed by atoms with Crippen LogP contribution in [0.1, 0.15) is 6.92 Å². The Morgan fingerprint density at radius 3 is 2.44 bits per heavy atom.